The maximum absolute atomic E-state index is 2.46. The third-order valence-electron chi connectivity index (χ3n) is 6.92. The van der Waals surface area contributed by atoms with Crippen LogP contribution in [0.3, 0.4) is 0 Å². The molecule has 0 amide bonds. The van der Waals surface area contributed by atoms with E-state index < -0.39 is 0 Å². The van der Waals surface area contributed by atoms with Crippen molar-refractivity contribution in [2.24, 2.45) is 5.41 Å². The Morgan fingerprint density at radius 1 is 0.395 bits per heavy atom. The fourth-order valence-corrected chi connectivity index (χ4v) is 8.34. The van der Waals surface area contributed by atoms with Gasteiger partial charge < -0.3 is 0 Å². The molecule has 6 aromatic carbocycles. The van der Waals surface area contributed by atoms with E-state index in [9.17, 15) is 0 Å². The molecule has 3 heteroatoms. The Kier molecular flexibility index (Phi) is 7.69. The van der Waals surface area contributed by atoms with E-state index in [4.69, 9.17) is 0 Å². The van der Waals surface area contributed by atoms with Crippen LogP contribution >= 0.6 is 35.3 Å². The van der Waals surface area contributed by atoms with E-state index in [-0.39, 0.29) is 5.41 Å². The first-order valence-electron chi connectivity index (χ1n) is 13.0. The molecule has 0 aliphatic rings. The monoisotopic (exact) mass is 546 g/mol. The first-order valence-corrected chi connectivity index (χ1v) is 15.9. The van der Waals surface area contributed by atoms with Crippen LogP contribution in [0, 0.1) is 5.41 Å². The Labute approximate surface area is 238 Å². The molecule has 0 unspecified atom stereocenters. The fraction of sp³-hybridized carbons (Fsp3) is 0.143. The van der Waals surface area contributed by atoms with Gasteiger partial charge >= 0.3 is 0 Å². The highest BCUT2D eigenvalue weighted by Gasteiger charge is 2.26. The van der Waals surface area contributed by atoms with Crippen molar-refractivity contribution in [2.45, 2.75) is 21.6 Å². The molecule has 188 valence electrons. The third-order valence-corrected chi connectivity index (χ3v) is 11.2. The average Bonchev–Trinajstić information content (AvgIpc) is 2.98. The standard InChI is InChI=1S/C35H30S3/c1-35(23-36-32-17-14-26-8-2-5-11-29(26)20-32,24-37-33-18-15-27-9-3-6-12-30(27)21-33)25-38-34-19-16-28-10-4-7-13-31(28)22-34/h2-22H,23-25H2,1H3. The van der Waals surface area contributed by atoms with Crippen LogP contribution in [-0.2, 0) is 0 Å². The lowest BCUT2D eigenvalue weighted by Crippen LogP contribution is -2.26. The summed E-state index contributed by atoms with van der Waals surface area (Å²) in [5, 5.41) is 7.86. The lowest BCUT2D eigenvalue weighted by atomic mass is 9.99. The summed E-state index contributed by atoms with van der Waals surface area (Å²) in [4.78, 5) is 4.05. The Balaban J connectivity index is 1.21. The Bertz CT molecular complexity index is 1500. The minimum absolute atomic E-state index is 0.156. The number of rotatable bonds is 9. The maximum Gasteiger partial charge on any atom is 0.00785 e. The number of hydrogen-bond donors (Lipinski definition) is 0. The zero-order chi connectivity index (χ0) is 25.8. The van der Waals surface area contributed by atoms with Crippen molar-refractivity contribution in [2.75, 3.05) is 17.3 Å². The zero-order valence-electron chi connectivity index (χ0n) is 21.5. The Morgan fingerprint density at radius 3 is 1.00 bits per heavy atom. The molecular formula is C35H30S3. The third kappa shape index (κ3) is 6.07. The lowest BCUT2D eigenvalue weighted by molar-refractivity contribution is 0.504. The van der Waals surface area contributed by atoms with Crippen LogP contribution in [0.25, 0.3) is 32.3 Å². The second-order valence-corrected chi connectivity index (χ2v) is 13.3. The minimum atomic E-state index is 0.156. The van der Waals surface area contributed by atoms with Gasteiger partial charge in [0.15, 0.2) is 0 Å². The summed E-state index contributed by atoms with van der Waals surface area (Å²) in [5.41, 5.74) is 0.156. The topological polar surface area (TPSA) is 0 Å². The highest BCUT2D eigenvalue weighted by atomic mass is 32.2. The molecule has 0 aliphatic heterocycles. The molecule has 0 atom stereocenters. The van der Waals surface area contributed by atoms with Gasteiger partial charge in [-0.2, -0.15) is 0 Å². The van der Waals surface area contributed by atoms with E-state index in [1.165, 1.54) is 47.0 Å². The van der Waals surface area contributed by atoms with Gasteiger partial charge in [0.25, 0.3) is 0 Å². The van der Waals surface area contributed by atoms with Gasteiger partial charge in [-0.25, -0.2) is 0 Å². The minimum Gasteiger partial charge on any atom is -0.126 e. The van der Waals surface area contributed by atoms with E-state index in [0.717, 1.165) is 17.3 Å². The summed E-state index contributed by atoms with van der Waals surface area (Å²) >= 11 is 5.97. The highest BCUT2D eigenvalue weighted by Crippen LogP contribution is 2.39. The van der Waals surface area contributed by atoms with Gasteiger partial charge in [-0.15, -0.1) is 35.3 Å². The van der Waals surface area contributed by atoms with Gasteiger partial charge in [0, 0.05) is 31.9 Å². The van der Waals surface area contributed by atoms with Crippen molar-refractivity contribution in [1.29, 1.82) is 0 Å². The van der Waals surface area contributed by atoms with Crippen LogP contribution in [0.2, 0.25) is 0 Å². The van der Waals surface area contributed by atoms with Gasteiger partial charge in [0.2, 0.25) is 0 Å². The van der Waals surface area contributed by atoms with E-state index in [0.29, 0.717) is 0 Å². The first-order chi connectivity index (χ1) is 18.6. The number of benzene rings is 6. The molecule has 0 aromatic heterocycles. The second-order valence-electron chi connectivity index (χ2n) is 10.2. The van der Waals surface area contributed by atoms with Crippen LogP contribution < -0.4 is 0 Å². The van der Waals surface area contributed by atoms with Crippen LogP contribution in [0.1, 0.15) is 6.92 Å². The average molecular weight is 547 g/mol. The SMILES string of the molecule is CC(CSc1ccc2ccccc2c1)(CSc1ccc2ccccc2c1)CSc1ccc2ccccc2c1. The first kappa shape index (κ1) is 25.4. The molecule has 6 aromatic rings. The summed E-state index contributed by atoms with van der Waals surface area (Å²) < 4.78 is 0. The van der Waals surface area contributed by atoms with Crippen molar-refractivity contribution in [3.05, 3.63) is 127 Å². The van der Waals surface area contributed by atoms with Crippen molar-refractivity contribution >= 4 is 67.6 Å². The second kappa shape index (κ2) is 11.5. The van der Waals surface area contributed by atoms with E-state index in [1.54, 1.807) is 0 Å². The largest absolute Gasteiger partial charge is 0.126 e. The van der Waals surface area contributed by atoms with Gasteiger partial charge in [0.05, 0.1) is 0 Å². The van der Waals surface area contributed by atoms with Crippen molar-refractivity contribution in [3.63, 3.8) is 0 Å². The van der Waals surface area contributed by atoms with Gasteiger partial charge in [-0.3, -0.25) is 0 Å². The normalized spacial score (nSPS) is 11.9. The van der Waals surface area contributed by atoms with Crippen molar-refractivity contribution < 1.29 is 0 Å². The van der Waals surface area contributed by atoms with Crippen molar-refractivity contribution in [1.82, 2.24) is 0 Å². The molecule has 0 saturated heterocycles. The van der Waals surface area contributed by atoms with Crippen LogP contribution in [-0.4, -0.2) is 17.3 Å². The lowest BCUT2D eigenvalue weighted by Gasteiger charge is -2.29. The summed E-state index contributed by atoms with van der Waals surface area (Å²) in [6.07, 6.45) is 0. The summed E-state index contributed by atoms with van der Waals surface area (Å²) in [7, 11) is 0. The molecule has 0 bridgehead atoms. The molecule has 0 aliphatic carbocycles. The van der Waals surface area contributed by atoms with Gasteiger partial charge in [0.1, 0.15) is 0 Å². The summed E-state index contributed by atoms with van der Waals surface area (Å²) in [6, 6.07) is 46.5. The Hall–Kier alpha value is -2.85. The molecule has 6 rings (SSSR count). The van der Waals surface area contributed by atoms with E-state index in [2.05, 4.69) is 134 Å². The molecule has 0 saturated carbocycles. The smallest absolute Gasteiger partial charge is 0.00785 e. The fourth-order valence-electron chi connectivity index (χ4n) is 4.67. The van der Waals surface area contributed by atoms with Gasteiger partial charge in [-0.1, -0.05) is 97.9 Å². The molecular weight excluding hydrogens is 517 g/mol. The van der Waals surface area contributed by atoms with E-state index >= 15 is 0 Å². The Morgan fingerprint density at radius 2 is 0.684 bits per heavy atom. The van der Waals surface area contributed by atoms with Crippen molar-refractivity contribution in [3.8, 4) is 0 Å². The van der Waals surface area contributed by atoms with Crippen LogP contribution in [0.5, 0.6) is 0 Å². The van der Waals surface area contributed by atoms with E-state index in [1.807, 2.05) is 35.3 Å². The number of fused-ring (bicyclic) bond motifs is 3. The van der Waals surface area contributed by atoms with Gasteiger partial charge in [-0.05, 0) is 74.1 Å². The molecule has 0 N–H and O–H groups in total. The summed E-state index contributed by atoms with van der Waals surface area (Å²) in [5.74, 6) is 3.23. The predicted molar refractivity (Wildman–Crippen MR) is 172 cm³/mol. The summed E-state index contributed by atoms with van der Waals surface area (Å²) in [6.45, 7) is 2.46. The molecule has 0 spiro atoms. The quantitative estimate of drug-likeness (QED) is 0.166. The number of thioether (sulfide) groups is 3. The predicted octanol–water partition coefficient (Wildman–Crippen LogP) is 10.8. The van der Waals surface area contributed by atoms with Crippen LogP contribution in [0.4, 0.5) is 0 Å². The van der Waals surface area contributed by atoms with Crippen LogP contribution in [0.15, 0.2) is 142 Å². The maximum atomic E-state index is 2.46. The number of hydrogen-bond acceptors (Lipinski definition) is 3. The molecule has 0 heterocycles. The molecule has 0 nitrogen and oxygen atoms in total. The molecule has 38 heavy (non-hydrogen) atoms. The molecule has 0 fully saturated rings. The zero-order valence-corrected chi connectivity index (χ0v) is 23.9. The molecule has 0 radical (unpaired) electrons. The highest BCUT2D eigenvalue weighted by molar-refractivity contribution is 8.01.